The zero-order valence-corrected chi connectivity index (χ0v) is 18.1. The molecule has 0 unspecified atom stereocenters. The summed E-state index contributed by atoms with van der Waals surface area (Å²) in [7, 11) is 0. The van der Waals surface area contributed by atoms with E-state index in [1.165, 1.54) is 23.7 Å². The normalized spacial score (nSPS) is 14.4. The third-order valence-electron chi connectivity index (χ3n) is 5.09. The quantitative estimate of drug-likeness (QED) is 0.586. The van der Waals surface area contributed by atoms with Crippen LogP contribution in [0.1, 0.15) is 28.0 Å². The number of anilines is 3. The Kier molecular flexibility index (Phi) is 5.71. The Hall–Kier alpha value is -3.65. The monoisotopic (exact) mass is 455 g/mol. The first-order chi connectivity index (χ1) is 15.3. The van der Waals surface area contributed by atoms with Crippen LogP contribution in [-0.2, 0) is 0 Å². The fourth-order valence-electron chi connectivity index (χ4n) is 3.55. The summed E-state index contributed by atoms with van der Waals surface area (Å²) >= 11 is 1.30. The highest BCUT2D eigenvalue weighted by Crippen LogP contribution is 2.32. The van der Waals surface area contributed by atoms with Crippen LogP contribution < -0.4 is 15.5 Å². The van der Waals surface area contributed by atoms with Gasteiger partial charge in [0.2, 0.25) is 5.95 Å². The fraction of sp³-hybridized carbons (Fsp3) is 0.286. The molecule has 0 radical (unpaired) electrons. The lowest BCUT2D eigenvalue weighted by Gasteiger charge is -2.50. The van der Waals surface area contributed by atoms with Crippen molar-refractivity contribution in [2.75, 3.05) is 23.3 Å². The van der Waals surface area contributed by atoms with Gasteiger partial charge in [0.15, 0.2) is 11.6 Å². The van der Waals surface area contributed by atoms with E-state index in [1.54, 1.807) is 6.20 Å². The minimum atomic E-state index is -1.21. The lowest BCUT2D eigenvalue weighted by molar-refractivity contribution is 0.0874. The molecule has 11 heteroatoms. The molecule has 1 aliphatic heterocycles. The van der Waals surface area contributed by atoms with E-state index in [0.29, 0.717) is 24.9 Å². The number of benzene rings is 1. The van der Waals surface area contributed by atoms with Crippen LogP contribution in [0.3, 0.4) is 0 Å². The van der Waals surface area contributed by atoms with Crippen molar-refractivity contribution in [2.24, 2.45) is 0 Å². The van der Waals surface area contributed by atoms with Crippen molar-refractivity contribution in [3.63, 3.8) is 0 Å². The van der Waals surface area contributed by atoms with Gasteiger partial charge in [-0.25, -0.2) is 13.8 Å². The molecular weight excluding hydrogens is 436 g/mol. The maximum atomic E-state index is 14.0. The summed E-state index contributed by atoms with van der Waals surface area (Å²) in [6.07, 6.45) is 1.70. The predicted octanol–water partition coefficient (Wildman–Crippen LogP) is 3.47. The lowest BCUT2D eigenvalue weighted by atomic mass is 9.86. The third kappa shape index (κ3) is 4.22. The average molecular weight is 455 g/mol. The Balaban J connectivity index is 1.50. The van der Waals surface area contributed by atoms with E-state index in [1.807, 2.05) is 24.8 Å². The van der Waals surface area contributed by atoms with E-state index in [4.69, 9.17) is 0 Å². The summed E-state index contributed by atoms with van der Waals surface area (Å²) in [4.78, 5) is 23.3. The van der Waals surface area contributed by atoms with Gasteiger partial charge in [0, 0.05) is 24.8 Å². The molecule has 1 amide bonds. The predicted molar refractivity (Wildman–Crippen MR) is 116 cm³/mol. The molecule has 0 spiro atoms. The van der Waals surface area contributed by atoms with Crippen molar-refractivity contribution in [3.8, 4) is 6.07 Å². The number of hydrogen-bond donors (Lipinski definition) is 2. The van der Waals surface area contributed by atoms with Crippen LogP contribution in [-0.4, -0.2) is 38.9 Å². The fourth-order valence-corrected chi connectivity index (χ4v) is 4.21. The highest BCUT2D eigenvalue weighted by molar-refractivity contribution is 7.10. The molecule has 0 atom stereocenters. The zero-order chi connectivity index (χ0) is 22.9. The van der Waals surface area contributed by atoms with E-state index >= 15 is 0 Å². The Labute approximate surface area is 187 Å². The summed E-state index contributed by atoms with van der Waals surface area (Å²) in [5.74, 6) is -2.02. The van der Waals surface area contributed by atoms with E-state index in [2.05, 4.69) is 31.0 Å². The smallest absolute Gasteiger partial charge is 0.254 e. The van der Waals surface area contributed by atoms with Gasteiger partial charge in [0.25, 0.3) is 5.91 Å². The molecule has 1 aromatic carbocycles. The molecule has 32 heavy (non-hydrogen) atoms. The lowest BCUT2D eigenvalue weighted by Crippen LogP contribution is -2.70. The molecule has 0 saturated carbocycles. The second-order valence-electron chi connectivity index (χ2n) is 7.68. The van der Waals surface area contributed by atoms with Gasteiger partial charge in [-0.2, -0.15) is 14.6 Å². The van der Waals surface area contributed by atoms with Crippen LogP contribution in [0.2, 0.25) is 0 Å². The number of hydrogen-bond acceptors (Lipinski definition) is 8. The SMILES string of the molecule is Cc1cc(Nc2ncc(C)c(N3CC(CC#N)(NC(=O)c4cccc(F)c4F)C3)n2)sn1. The van der Waals surface area contributed by atoms with Gasteiger partial charge in [-0.05, 0) is 43.6 Å². The molecule has 1 aliphatic rings. The van der Waals surface area contributed by atoms with Crippen LogP contribution in [0, 0.1) is 36.8 Å². The Morgan fingerprint density at radius 1 is 1.34 bits per heavy atom. The summed E-state index contributed by atoms with van der Waals surface area (Å²) in [5.41, 5.74) is 0.415. The number of nitrogens with zero attached hydrogens (tertiary/aromatic N) is 5. The maximum Gasteiger partial charge on any atom is 0.254 e. The van der Waals surface area contributed by atoms with Crippen molar-refractivity contribution in [1.29, 1.82) is 5.26 Å². The minimum Gasteiger partial charge on any atom is -0.351 e. The summed E-state index contributed by atoms with van der Waals surface area (Å²) in [5, 5.41) is 15.9. The van der Waals surface area contributed by atoms with Crippen molar-refractivity contribution < 1.29 is 13.6 Å². The van der Waals surface area contributed by atoms with Gasteiger partial charge in [0.05, 0.1) is 29.3 Å². The summed E-state index contributed by atoms with van der Waals surface area (Å²) in [6, 6.07) is 7.37. The van der Waals surface area contributed by atoms with Gasteiger partial charge < -0.3 is 15.5 Å². The molecule has 0 aliphatic carbocycles. The third-order valence-corrected chi connectivity index (χ3v) is 5.88. The molecule has 8 nitrogen and oxygen atoms in total. The number of nitrogens with one attached hydrogen (secondary N) is 2. The maximum absolute atomic E-state index is 14.0. The van der Waals surface area contributed by atoms with Gasteiger partial charge in [-0.15, -0.1) is 0 Å². The van der Waals surface area contributed by atoms with Crippen molar-refractivity contribution in [2.45, 2.75) is 25.8 Å². The highest BCUT2D eigenvalue weighted by Gasteiger charge is 2.45. The molecule has 0 bridgehead atoms. The van der Waals surface area contributed by atoms with Crippen LogP contribution in [0.5, 0.6) is 0 Å². The van der Waals surface area contributed by atoms with Crippen molar-refractivity contribution in [3.05, 3.63) is 58.9 Å². The Morgan fingerprint density at radius 3 is 2.81 bits per heavy atom. The molecule has 2 N–H and O–H groups in total. The number of carbonyl (C=O) groups excluding carboxylic acids is 1. The Bertz CT molecular complexity index is 1220. The topological polar surface area (TPSA) is 107 Å². The molecule has 4 rings (SSSR count). The molecular formula is C21H19F2N7OS. The average Bonchev–Trinajstić information content (AvgIpc) is 3.14. The van der Waals surface area contributed by atoms with Gasteiger partial charge >= 0.3 is 0 Å². The van der Waals surface area contributed by atoms with E-state index in [9.17, 15) is 18.8 Å². The summed E-state index contributed by atoms with van der Waals surface area (Å²) < 4.78 is 31.7. The van der Waals surface area contributed by atoms with Crippen LogP contribution in [0.15, 0.2) is 30.5 Å². The number of aryl methyl sites for hydroxylation is 2. The van der Waals surface area contributed by atoms with Crippen molar-refractivity contribution in [1.82, 2.24) is 19.7 Å². The zero-order valence-electron chi connectivity index (χ0n) is 17.3. The molecule has 1 fully saturated rings. The van der Waals surface area contributed by atoms with Gasteiger partial charge in [0.1, 0.15) is 10.8 Å². The number of nitriles is 1. The van der Waals surface area contributed by atoms with Crippen LogP contribution in [0.25, 0.3) is 0 Å². The Morgan fingerprint density at radius 2 is 2.12 bits per heavy atom. The second kappa shape index (κ2) is 8.47. The number of carbonyl (C=O) groups is 1. The first kappa shape index (κ1) is 21.6. The van der Waals surface area contributed by atoms with Crippen LogP contribution in [0.4, 0.5) is 25.5 Å². The standard InChI is InChI=1S/C21H19F2N7OS/c1-12-9-25-20(26-16-8-13(2)29-32-16)27-18(12)30-10-21(11-30,6-7-24)28-19(31)14-4-3-5-15(22)17(14)23/h3-5,8-9H,6,10-11H2,1-2H3,(H,28,31)(H,25,26,27). The molecule has 2 aromatic heterocycles. The number of rotatable bonds is 6. The number of amides is 1. The summed E-state index contributed by atoms with van der Waals surface area (Å²) in [6.45, 7) is 4.34. The second-order valence-corrected chi connectivity index (χ2v) is 8.49. The minimum absolute atomic E-state index is 0.0154. The number of aromatic nitrogens is 3. The van der Waals surface area contributed by atoms with Gasteiger partial charge in [-0.1, -0.05) is 6.07 Å². The van der Waals surface area contributed by atoms with E-state index < -0.39 is 28.6 Å². The molecule has 164 valence electrons. The highest BCUT2D eigenvalue weighted by atomic mass is 32.1. The van der Waals surface area contributed by atoms with E-state index in [0.717, 1.165) is 22.3 Å². The van der Waals surface area contributed by atoms with Crippen LogP contribution >= 0.6 is 11.5 Å². The first-order valence-corrected chi connectivity index (χ1v) is 10.5. The van der Waals surface area contributed by atoms with E-state index in [-0.39, 0.29) is 6.42 Å². The molecule has 3 aromatic rings. The molecule has 3 heterocycles. The first-order valence-electron chi connectivity index (χ1n) is 9.73. The van der Waals surface area contributed by atoms with Crippen molar-refractivity contribution >= 4 is 34.2 Å². The molecule has 1 saturated heterocycles. The number of halogens is 2. The largest absolute Gasteiger partial charge is 0.351 e. The van der Waals surface area contributed by atoms with Gasteiger partial charge in [-0.3, -0.25) is 4.79 Å².